The van der Waals surface area contributed by atoms with Crippen LogP contribution in [-0.4, -0.2) is 15.7 Å². The molecule has 4 radical (unpaired) electrons. The second kappa shape index (κ2) is 8.11. The van der Waals surface area contributed by atoms with Gasteiger partial charge >= 0.3 is 0 Å². The van der Waals surface area contributed by atoms with Crippen LogP contribution < -0.4 is 4.78 Å². The number of hydrogen-bond acceptors (Lipinski definition) is 1. The lowest BCUT2D eigenvalue weighted by atomic mass is 9.65. The van der Waals surface area contributed by atoms with Crippen LogP contribution >= 0.6 is 11.3 Å². The summed E-state index contributed by atoms with van der Waals surface area (Å²) in [5, 5.41) is 0. The molecule has 2 saturated carbocycles. The normalized spacial score (nSPS) is 29.0. The minimum absolute atomic E-state index is 0.129. The number of rotatable bonds is 3. The zero-order chi connectivity index (χ0) is 19.0. The van der Waals surface area contributed by atoms with Gasteiger partial charge in [0.15, 0.2) is 11.6 Å². The van der Waals surface area contributed by atoms with Crippen LogP contribution in [0.3, 0.4) is 0 Å². The van der Waals surface area contributed by atoms with E-state index in [-0.39, 0.29) is 5.92 Å². The van der Waals surface area contributed by atoms with Gasteiger partial charge < -0.3 is 0 Å². The first-order valence-corrected chi connectivity index (χ1v) is 10.9. The molecule has 27 heavy (non-hydrogen) atoms. The lowest BCUT2D eigenvalue weighted by Crippen LogP contribution is -2.24. The van der Waals surface area contributed by atoms with E-state index in [1.165, 1.54) is 24.2 Å². The van der Waals surface area contributed by atoms with Crippen LogP contribution in [0.2, 0.25) is 5.82 Å². The van der Waals surface area contributed by atoms with Crippen LogP contribution in [-0.2, 0) is 0 Å². The fourth-order valence-electron chi connectivity index (χ4n) is 5.09. The van der Waals surface area contributed by atoms with Crippen molar-refractivity contribution in [3.63, 3.8) is 0 Å². The number of benzene rings is 1. The molecule has 1 aromatic heterocycles. The van der Waals surface area contributed by atoms with Gasteiger partial charge in [-0.2, -0.15) is 11.3 Å². The summed E-state index contributed by atoms with van der Waals surface area (Å²) in [5.74, 6) is 0.606. The molecule has 0 nitrogen and oxygen atoms in total. The molecular weight excluding hydrogens is 356 g/mol. The predicted molar refractivity (Wildman–Crippen MR) is 111 cm³/mol. The second-order valence-corrected chi connectivity index (χ2v) is 9.43. The van der Waals surface area contributed by atoms with E-state index < -0.39 is 11.6 Å². The van der Waals surface area contributed by atoms with E-state index in [4.69, 9.17) is 15.7 Å². The quantitative estimate of drug-likeness (QED) is 0.581. The number of halogens is 2. The van der Waals surface area contributed by atoms with Gasteiger partial charge in [-0.3, -0.25) is 0 Å². The highest BCUT2D eigenvalue weighted by molar-refractivity contribution is 7.23. The first-order valence-electron chi connectivity index (χ1n) is 10.1. The molecule has 2 fully saturated rings. The van der Waals surface area contributed by atoms with Crippen molar-refractivity contribution in [2.45, 2.75) is 63.1 Å². The highest BCUT2D eigenvalue weighted by Gasteiger charge is 2.31. The van der Waals surface area contributed by atoms with Crippen molar-refractivity contribution in [2.75, 3.05) is 0 Å². The molecule has 2 aliphatic rings. The number of thiophene rings is 1. The lowest BCUT2D eigenvalue weighted by Gasteiger charge is -2.37. The lowest BCUT2D eigenvalue weighted by molar-refractivity contribution is 0.185. The van der Waals surface area contributed by atoms with Crippen molar-refractivity contribution in [1.82, 2.24) is 0 Å². The maximum atomic E-state index is 14.8. The Labute approximate surface area is 167 Å². The predicted octanol–water partition coefficient (Wildman–Crippen LogP) is 5.91. The molecule has 4 rings (SSSR count). The Morgan fingerprint density at radius 1 is 0.778 bits per heavy atom. The van der Waals surface area contributed by atoms with E-state index in [0.29, 0.717) is 26.6 Å². The monoisotopic (exact) mass is 380 g/mol. The molecule has 5 heteroatoms. The van der Waals surface area contributed by atoms with Gasteiger partial charge in [0.2, 0.25) is 0 Å². The molecule has 0 N–H and O–H groups in total. The van der Waals surface area contributed by atoms with Crippen LogP contribution in [0.15, 0.2) is 24.3 Å². The molecule has 0 atom stereocenters. The summed E-state index contributed by atoms with van der Waals surface area (Å²) >= 11 is 1.28. The largest absolute Gasteiger partial charge is 0.203 e. The van der Waals surface area contributed by atoms with Crippen molar-refractivity contribution in [3.8, 4) is 10.4 Å². The van der Waals surface area contributed by atoms with Crippen LogP contribution in [0.1, 0.15) is 62.8 Å². The van der Waals surface area contributed by atoms with Crippen LogP contribution in [0, 0.1) is 23.5 Å². The standard InChI is InChI=1S/C22H24B2F2S/c23-16-7-5-14(6-8-16)13-1-3-15(4-2-13)17-9-10-18(22(26)21(17)25)19-11-12-20(24)27-19/h9-16H,1-8H2. The zero-order valence-corrected chi connectivity index (χ0v) is 16.4. The number of hydrogen-bond donors (Lipinski definition) is 0. The van der Waals surface area contributed by atoms with Crippen molar-refractivity contribution >= 4 is 31.8 Å². The molecular formula is C22H24B2F2S. The Morgan fingerprint density at radius 3 is 2.00 bits per heavy atom. The fourth-order valence-corrected chi connectivity index (χ4v) is 5.88. The minimum Gasteiger partial charge on any atom is -0.203 e. The van der Waals surface area contributed by atoms with Crippen molar-refractivity contribution in [3.05, 3.63) is 41.5 Å². The molecule has 0 unspecified atom stereocenters. The maximum Gasteiger partial charge on any atom is 0.167 e. The van der Waals surface area contributed by atoms with Gasteiger partial charge in [0.05, 0.1) is 7.85 Å². The molecule has 0 amide bonds. The molecule has 138 valence electrons. The van der Waals surface area contributed by atoms with Gasteiger partial charge in [-0.1, -0.05) is 49.7 Å². The summed E-state index contributed by atoms with van der Waals surface area (Å²) in [6, 6.07) is 6.98. The summed E-state index contributed by atoms with van der Waals surface area (Å²) in [6.45, 7) is 0. The SMILES string of the molecule is [B]c1ccc(-c2ccc(C3CCC(C4CCC([B])CC4)CC3)c(F)c2F)s1. The minimum atomic E-state index is -0.738. The molecule has 0 saturated heterocycles. The third-order valence-corrected chi connectivity index (χ3v) is 7.65. The van der Waals surface area contributed by atoms with Gasteiger partial charge in [-0.15, -0.1) is 0 Å². The van der Waals surface area contributed by atoms with Crippen molar-refractivity contribution in [2.24, 2.45) is 11.8 Å². The first kappa shape index (κ1) is 19.2. The van der Waals surface area contributed by atoms with Crippen molar-refractivity contribution in [1.29, 1.82) is 0 Å². The second-order valence-electron chi connectivity index (χ2n) is 8.32. The van der Waals surface area contributed by atoms with E-state index in [9.17, 15) is 8.78 Å². The Bertz CT molecular complexity index is 788. The molecule has 2 aromatic rings. The maximum absolute atomic E-state index is 14.8. The van der Waals surface area contributed by atoms with Gasteiger partial charge in [0, 0.05) is 10.4 Å². The zero-order valence-electron chi connectivity index (χ0n) is 15.6. The Balaban J connectivity index is 1.45. The fraction of sp³-hybridized carbons (Fsp3) is 0.545. The van der Waals surface area contributed by atoms with Gasteiger partial charge in [0.1, 0.15) is 7.85 Å². The van der Waals surface area contributed by atoms with Crippen LogP contribution in [0.5, 0.6) is 0 Å². The van der Waals surface area contributed by atoms with E-state index in [2.05, 4.69) is 0 Å². The van der Waals surface area contributed by atoms with Gasteiger partial charge in [-0.05, 0) is 59.8 Å². The Hall–Kier alpha value is -1.09. The third-order valence-electron chi connectivity index (χ3n) is 6.70. The van der Waals surface area contributed by atoms with E-state index >= 15 is 0 Å². The van der Waals surface area contributed by atoms with E-state index in [0.717, 1.165) is 50.4 Å². The summed E-state index contributed by atoms with van der Waals surface area (Å²) in [7, 11) is 11.8. The van der Waals surface area contributed by atoms with E-state index in [1.54, 1.807) is 24.3 Å². The first-order chi connectivity index (χ1) is 13.0. The third kappa shape index (κ3) is 4.04. The van der Waals surface area contributed by atoms with Crippen LogP contribution in [0.4, 0.5) is 8.78 Å². The summed E-state index contributed by atoms with van der Waals surface area (Å²) in [4.78, 5) is 0.676. The molecule has 2 aliphatic carbocycles. The van der Waals surface area contributed by atoms with Gasteiger partial charge in [-0.25, -0.2) is 8.78 Å². The highest BCUT2D eigenvalue weighted by Crippen LogP contribution is 2.45. The molecule has 0 aliphatic heterocycles. The highest BCUT2D eigenvalue weighted by atomic mass is 32.1. The summed E-state index contributed by atoms with van der Waals surface area (Å²) < 4.78 is 30.1. The average Bonchev–Trinajstić information content (AvgIpc) is 3.11. The average molecular weight is 380 g/mol. The Morgan fingerprint density at radius 2 is 1.41 bits per heavy atom. The van der Waals surface area contributed by atoms with E-state index in [1.807, 2.05) is 0 Å². The van der Waals surface area contributed by atoms with Crippen LogP contribution in [0.25, 0.3) is 10.4 Å². The topological polar surface area (TPSA) is 0 Å². The smallest absolute Gasteiger partial charge is 0.167 e. The summed E-state index contributed by atoms with van der Waals surface area (Å²) in [6.07, 6.45) is 8.89. The molecule has 1 aromatic carbocycles. The summed E-state index contributed by atoms with van der Waals surface area (Å²) in [5.41, 5.74) is 0.857. The molecule has 0 spiro atoms. The molecule has 0 bridgehead atoms. The Kier molecular flexibility index (Phi) is 5.78. The molecule has 1 heterocycles. The van der Waals surface area contributed by atoms with Gasteiger partial charge in [0.25, 0.3) is 0 Å². The van der Waals surface area contributed by atoms with Crippen molar-refractivity contribution < 1.29 is 8.78 Å².